The van der Waals surface area contributed by atoms with Gasteiger partial charge in [0.1, 0.15) is 11.5 Å². The van der Waals surface area contributed by atoms with Crippen LogP contribution in [0, 0.1) is 13.8 Å². The number of rotatable bonds is 3. The Kier molecular flexibility index (Phi) is 4.19. The Bertz CT molecular complexity index is 709. The summed E-state index contributed by atoms with van der Waals surface area (Å²) in [5, 5.41) is 0. The van der Waals surface area contributed by atoms with E-state index in [9.17, 15) is 0 Å². The highest BCUT2D eigenvalue weighted by molar-refractivity contribution is 5.57. The summed E-state index contributed by atoms with van der Waals surface area (Å²) in [6, 6.07) is 6.57. The van der Waals surface area contributed by atoms with Gasteiger partial charge in [-0.3, -0.25) is 9.88 Å². The van der Waals surface area contributed by atoms with Gasteiger partial charge in [-0.25, -0.2) is 9.97 Å². The molecule has 0 aliphatic carbocycles. The Balaban J connectivity index is 1.62. The Morgan fingerprint density at radius 3 is 2.62 bits per heavy atom. The maximum Gasteiger partial charge on any atom is 0.180 e. The molecule has 0 saturated carbocycles. The summed E-state index contributed by atoms with van der Waals surface area (Å²) < 4.78 is 0. The van der Waals surface area contributed by atoms with E-state index in [1.807, 2.05) is 18.2 Å². The molecule has 5 nitrogen and oxygen atoms in total. The molecule has 2 saturated heterocycles. The highest BCUT2D eigenvalue weighted by atomic mass is 15.3. The first kappa shape index (κ1) is 15.5. The van der Waals surface area contributed by atoms with Crippen molar-refractivity contribution in [1.29, 1.82) is 0 Å². The first-order valence-electron chi connectivity index (χ1n) is 8.98. The van der Waals surface area contributed by atoms with Gasteiger partial charge >= 0.3 is 0 Å². The molecule has 5 heteroatoms. The van der Waals surface area contributed by atoms with Crippen molar-refractivity contribution >= 4 is 5.82 Å². The molecule has 0 bridgehead atoms. The van der Waals surface area contributed by atoms with E-state index in [1.165, 1.54) is 37.9 Å². The third-order valence-electron chi connectivity index (χ3n) is 5.38. The predicted molar refractivity (Wildman–Crippen MR) is 96.2 cm³/mol. The largest absolute Gasteiger partial charge is 0.355 e. The zero-order valence-electron chi connectivity index (χ0n) is 14.6. The molecule has 2 aromatic rings. The van der Waals surface area contributed by atoms with Crippen LogP contribution in [0.5, 0.6) is 0 Å². The summed E-state index contributed by atoms with van der Waals surface area (Å²) in [6.07, 6.45) is 5.74. The van der Waals surface area contributed by atoms with Crippen molar-refractivity contribution in [1.82, 2.24) is 19.9 Å². The third-order valence-corrected chi connectivity index (χ3v) is 5.38. The van der Waals surface area contributed by atoms with Crippen LogP contribution in [-0.2, 0) is 0 Å². The van der Waals surface area contributed by atoms with Crippen molar-refractivity contribution in [2.45, 2.75) is 39.2 Å². The normalized spacial score (nSPS) is 21.6. The first-order valence-corrected chi connectivity index (χ1v) is 8.98. The molecule has 0 amide bonds. The fourth-order valence-corrected chi connectivity index (χ4v) is 3.87. The number of likely N-dealkylation sites (tertiary alicyclic amines) is 1. The van der Waals surface area contributed by atoms with Gasteiger partial charge in [-0.2, -0.15) is 0 Å². The number of aryl methyl sites for hydroxylation is 1. The standard InChI is InChI=1S/C19H25N5/c1-14-15(2)21-18(17-7-3-4-9-20-17)22-19(14)24-12-8-16(13-24)23-10-5-6-11-23/h3-4,7,9,16H,5-6,8,10-13H2,1-2H3. The Labute approximate surface area is 143 Å². The Hall–Kier alpha value is -2.01. The lowest BCUT2D eigenvalue weighted by Gasteiger charge is -2.25. The fourth-order valence-electron chi connectivity index (χ4n) is 3.87. The molecular formula is C19H25N5. The van der Waals surface area contributed by atoms with Crippen molar-refractivity contribution in [3.8, 4) is 11.5 Å². The molecule has 0 radical (unpaired) electrons. The molecule has 2 aromatic heterocycles. The van der Waals surface area contributed by atoms with Crippen LogP contribution in [0.3, 0.4) is 0 Å². The smallest absolute Gasteiger partial charge is 0.180 e. The summed E-state index contributed by atoms with van der Waals surface area (Å²) >= 11 is 0. The fraction of sp³-hybridized carbons (Fsp3) is 0.526. The van der Waals surface area contributed by atoms with E-state index in [0.29, 0.717) is 6.04 Å². The molecule has 0 aromatic carbocycles. The van der Waals surface area contributed by atoms with Gasteiger partial charge in [0.05, 0.1) is 0 Å². The maximum atomic E-state index is 4.88. The zero-order chi connectivity index (χ0) is 16.5. The molecule has 2 aliphatic heterocycles. The zero-order valence-corrected chi connectivity index (χ0v) is 14.6. The summed E-state index contributed by atoms with van der Waals surface area (Å²) in [6.45, 7) is 8.90. The Morgan fingerprint density at radius 2 is 1.88 bits per heavy atom. The summed E-state index contributed by atoms with van der Waals surface area (Å²) in [7, 11) is 0. The summed E-state index contributed by atoms with van der Waals surface area (Å²) in [4.78, 5) is 19.1. The van der Waals surface area contributed by atoms with Gasteiger partial charge in [-0.15, -0.1) is 0 Å². The van der Waals surface area contributed by atoms with Crippen LogP contribution in [0.1, 0.15) is 30.5 Å². The van der Waals surface area contributed by atoms with Crippen molar-refractivity contribution < 1.29 is 0 Å². The SMILES string of the molecule is Cc1nc(-c2ccccn2)nc(N2CCC(N3CCCC3)C2)c1C. The third kappa shape index (κ3) is 2.88. The van der Waals surface area contributed by atoms with Crippen molar-refractivity contribution in [2.24, 2.45) is 0 Å². The van der Waals surface area contributed by atoms with Crippen LogP contribution in [0.25, 0.3) is 11.5 Å². The predicted octanol–water partition coefficient (Wildman–Crippen LogP) is 2.83. The van der Waals surface area contributed by atoms with Gasteiger partial charge in [-0.05, 0) is 58.3 Å². The topological polar surface area (TPSA) is 45.2 Å². The minimum atomic E-state index is 0.681. The maximum absolute atomic E-state index is 4.88. The quantitative estimate of drug-likeness (QED) is 0.869. The summed E-state index contributed by atoms with van der Waals surface area (Å²) in [5.74, 6) is 1.82. The van der Waals surface area contributed by atoms with E-state index in [1.54, 1.807) is 6.20 Å². The van der Waals surface area contributed by atoms with E-state index in [-0.39, 0.29) is 0 Å². The second kappa shape index (κ2) is 6.48. The molecule has 2 aliphatic rings. The lowest BCUT2D eigenvalue weighted by molar-refractivity contribution is 0.260. The summed E-state index contributed by atoms with van der Waals surface area (Å²) in [5.41, 5.74) is 3.08. The number of hydrogen-bond donors (Lipinski definition) is 0. The van der Waals surface area contributed by atoms with Gasteiger partial charge in [0.25, 0.3) is 0 Å². The molecule has 1 atom stereocenters. The van der Waals surface area contributed by atoms with Crippen LogP contribution in [0.2, 0.25) is 0 Å². The number of pyridine rings is 1. The highest BCUT2D eigenvalue weighted by Gasteiger charge is 2.31. The molecule has 4 heterocycles. The molecule has 2 fully saturated rings. The molecule has 0 N–H and O–H groups in total. The second-order valence-corrected chi connectivity index (χ2v) is 6.93. The highest BCUT2D eigenvalue weighted by Crippen LogP contribution is 2.28. The van der Waals surface area contributed by atoms with Crippen LogP contribution in [0.15, 0.2) is 24.4 Å². The van der Waals surface area contributed by atoms with Gasteiger partial charge in [0.2, 0.25) is 0 Å². The molecule has 24 heavy (non-hydrogen) atoms. The molecule has 4 rings (SSSR count). The van der Waals surface area contributed by atoms with Crippen molar-refractivity contribution in [3.63, 3.8) is 0 Å². The van der Waals surface area contributed by atoms with E-state index in [0.717, 1.165) is 36.1 Å². The minimum absolute atomic E-state index is 0.681. The minimum Gasteiger partial charge on any atom is -0.355 e. The van der Waals surface area contributed by atoms with Gasteiger partial charge in [-0.1, -0.05) is 6.07 Å². The average Bonchev–Trinajstić information content (AvgIpc) is 3.29. The van der Waals surface area contributed by atoms with E-state index >= 15 is 0 Å². The van der Waals surface area contributed by atoms with Crippen molar-refractivity contribution in [2.75, 3.05) is 31.1 Å². The van der Waals surface area contributed by atoms with Crippen LogP contribution in [0.4, 0.5) is 5.82 Å². The number of anilines is 1. The lowest BCUT2D eigenvalue weighted by Crippen LogP contribution is -2.35. The van der Waals surface area contributed by atoms with Crippen LogP contribution < -0.4 is 4.90 Å². The van der Waals surface area contributed by atoms with Gasteiger partial charge < -0.3 is 4.90 Å². The van der Waals surface area contributed by atoms with Crippen LogP contribution in [-0.4, -0.2) is 52.1 Å². The van der Waals surface area contributed by atoms with E-state index < -0.39 is 0 Å². The van der Waals surface area contributed by atoms with Crippen LogP contribution >= 0.6 is 0 Å². The first-order chi connectivity index (χ1) is 11.7. The van der Waals surface area contributed by atoms with Gasteiger partial charge in [0.15, 0.2) is 5.82 Å². The van der Waals surface area contributed by atoms with Gasteiger partial charge in [0, 0.05) is 36.6 Å². The Morgan fingerprint density at radius 1 is 1.04 bits per heavy atom. The second-order valence-electron chi connectivity index (χ2n) is 6.93. The molecule has 0 spiro atoms. The average molecular weight is 323 g/mol. The molecule has 1 unspecified atom stereocenters. The number of aromatic nitrogens is 3. The number of nitrogens with zero attached hydrogens (tertiary/aromatic N) is 5. The lowest BCUT2D eigenvalue weighted by atomic mass is 10.2. The van der Waals surface area contributed by atoms with E-state index in [4.69, 9.17) is 4.98 Å². The monoisotopic (exact) mass is 323 g/mol. The number of hydrogen-bond acceptors (Lipinski definition) is 5. The van der Waals surface area contributed by atoms with Crippen molar-refractivity contribution in [3.05, 3.63) is 35.7 Å². The molecular weight excluding hydrogens is 298 g/mol. The van der Waals surface area contributed by atoms with E-state index in [2.05, 4.69) is 33.6 Å². The molecule has 126 valence electrons.